The Morgan fingerprint density at radius 3 is 1.39 bits per heavy atom. The molecule has 0 aliphatic heterocycles. The summed E-state index contributed by atoms with van der Waals surface area (Å²) in [5.74, 6) is 0.689. The fraction of sp³-hybridized carbons (Fsp3) is 1.00. The maximum Gasteiger partial charge on any atom is 0.0599 e. The molecule has 18 heavy (non-hydrogen) atoms. The third-order valence-electron chi connectivity index (χ3n) is 4.71. The molecule has 2 aliphatic carbocycles. The summed E-state index contributed by atoms with van der Waals surface area (Å²) in [6.45, 7) is 4.69. The highest BCUT2D eigenvalue weighted by Crippen LogP contribution is 2.21. The van der Waals surface area contributed by atoms with E-state index in [2.05, 4.69) is 24.5 Å². The van der Waals surface area contributed by atoms with Crippen LogP contribution in [0.25, 0.3) is 0 Å². The molecule has 0 unspecified atom stereocenters. The van der Waals surface area contributed by atoms with Gasteiger partial charge in [-0.3, -0.25) is 10.6 Å². The van der Waals surface area contributed by atoms with Crippen LogP contribution in [0.4, 0.5) is 0 Å². The van der Waals surface area contributed by atoms with Crippen molar-refractivity contribution in [1.29, 1.82) is 0 Å². The van der Waals surface area contributed by atoms with Gasteiger partial charge in [0.2, 0.25) is 0 Å². The number of hydrogen-bond acceptors (Lipinski definition) is 2. The summed E-state index contributed by atoms with van der Waals surface area (Å²) < 4.78 is 0. The molecule has 2 N–H and O–H groups in total. The molecule has 2 fully saturated rings. The van der Waals surface area contributed by atoms with Crippen LogP contribution in [-0.4, -0.2) is 18.2 Å². The van der Waals surface area contributed by atoms with Gasteiger partial charge in [-0.2, -0.15) is 0 Å². The van der Waals surface area contributed by atoms with Gasteiger partial charge in [-0.15, -0.1) is 0 Å². The van der Waals surface area contributed by atoms with Gasteiger partial charge in [-0.05, 0) is 31.6 Å². The van der Waals surface area contributed by atoms with E-state index < -0.39 is 0 Å². The SMILES string of the molecule is CC(C)C(NC1CCCCC1)NC1CCCCC1. The first-order chi connectivity index (χ1) is 8.75. The highest BCUT2D eigenvalue weighted by atomic mass is 15.2. The van der Waals surface area contributed by atoms with Crippen molar-refractivity contribution in [1.82, 2.24) is 10.6 Å². The van der Waals surface area contributed by atoms with E-state index in [9.17, 15) is 0 Å². The van der Waals surface area contributed by atoms with E-state index in [0.717, 1.165) is 12.1 Å². The van der Waals surface area contributed by atoms with E-state index in [1.54, 1.807) is 0 Å². The van der Waals surface area contributed by atoms with Gasteiger partial charge in [-0.25, -0.2) is 0 Å². The van der Waals surface area contributed by atoms with Crippen LogP contribution in [0.3, 0.4) is 0 Å². The van der Waals surface area contributed by atoms with Gasteiger partial charge in [0.25, 0.3) is 0 Å². The molecular weight excluding hydrogens is 220 g/mol. The van der Waals surface area contributed by atoms with Crippen LogP contribution < -0.4 is 10.6 Å². The first kappa shape index (κ1) is 14.3. The second-order valence-corrected chi connectivity index (χ2v) is 6.72. The van der Waals surface area contributed by atoms with Crippen LogP contribution in [-0.2, 0) is 0 Å². The molecule has 106 valence electrons. The Kier molecular flexibility index (Phi) is 5.97. The van der Waals surface area contributed by atoms with Crippen molar-refractivity contribution in [3.05, 3.63) is 0 Å². The highest BCUT2D eigenvalue weighted by molar-refractivity contribution is 4.82. The predicted molar refractivity (Wildman–Crippen MR) is 78.6 cm³/mol. The normalized spacial score (nSPS) is 24.0. The Hall–Kier alpha value is -0.0800. The lowest BCUT2D eigenvalue weighted by Crippen LogP contribution is -2.54. The Morgan fingerprint density at radius 2 is 1.06 bits per heavy atom. The zero-order valence-electron chi connectivity index (χ0n) is 12.4. The van der Waals surface area contributed by atoms with E-state index in [1.807, 2.05) is 0 Å². The molecule has 0 saturated heterocycles. The van der Waals surface area contributed by atoms with Gasteiger partial charge in [0, 0.05) is 12.1 Å². The summed E-state index contributed by atoms with van der Waals surface area (Å²) in [6, 6.07) is 1.53. The summed E-state index contributed by atoms with van der Waals surface area (Å²) in [5, 5.41) is 7.78. The predicted octanol–water partition coefficient (Wildman–Crippen LogP) is 3.81. The lowest BCUT2D eigenvalue weighted by Gasteiger charge is -2.35. The van der Waals surface area contributed by atoms with Gasteiger partial charge in [-0.1, -0.05) is 52.4 Å². The standard InChI is InChI=1S/C16H32N2/c1-13(2)16(17-14-9-5-3-6-10-14)18-15-11-7-4-8-12-15/h13-18H,3-12H2,1-2H3. The van der Waals surface area contributed by atoms with Crippen LogP contribution >= 0.6 is 0 Å². The van der Waals surface area contributed by atoms with Gasteiger partial charge >= 0.3 is 0 Å². The summed E-state index contributed by atoms with van der Waals surface area (Å²) >= 11 is 0. The fourth-order valence-electron chi connectivity index (χ4n) is 3.48. The van der Waals surface area contributed by atoms with E-state index in [0.29, 0.717) is 12.1 Å². The van der Waals surface area contributed by atoms with Gasteiger partial charge in [0.05, 0.1) is 6.17 Å². The van der Waals surface area contributed by atoms with Crippen molar-refractivity contribution in [2.75, 3.05) is 0 Å². The van der Waals surface area contributed by atoms with E-state index in [4.69, 9.17) is 0 Å². The van der Waals surface area contributed by atoms with Crippen LogP contribution in [0, 0.1) is 5.92 Å². The van der Waals surface area contributed by atoms with Crippen molar-refractivity contribution >= 4 is 0 Å². The summed E-state index contributed by atoms with van der Waals surface area (Å²) in [5.41, 5.74) is 0. The summed E-state index contributed by atoms with van der Waals surface area (Å²) in [4.78, 5) is 0. The zero-order valence-corrected chi connectivity index (χ0v) is 12.4. The first-order valence-corrected chi connectivity index (χ1v) is 8.28. The molecule has 0 aromatic heterocycles. The molecule has 0 aromatic rings. The summed E-state index contributed by atoms with van der Waals surface area (Å²) in [6.07, 6.45) is 14.6. The highest BCUT2D eigenvalue weighted by Gasteiger charge is 2.23. The van der Waals surface area contributed by atoms with Crippen molar-refractivity contribution < 1.29 is 0 Å². The van der Waals surface area contributed by atoms with Gasteiger partial charge < -0.3 is 0 Å². The Balaban J connectivity index is 1.78. The number of hydrogen-bond donors (Lipinski definition) is 2. The second kappa shape index (κ2) is 7.49. The summed E-state index contributed by atoms with van der Waals surface area (Å²) in [7, 11) is 0. The quantitative estimate of drug-likeness (QED) is 0.727. The maximum absolute atomic E-state index is 3.89. The molecule has 0 spiro atoms. The lowest BCUT2D eigenvalue weighted by molar-refractivity contribution is 0.224. The van der Waals surface area contributed by atoms with Crippen LogP contribution in [0.15, 0.2) is 0 Å². The van der Waals surface area contributed by atoms with Crippen molar-refractivity contribution in [3.8, 4) is 0 Å². The zero-order chi connectivity index (χ0) is 12.8. The Bertz CT molecular complexity index is 195. The first-order valence-electron chi connectivity index (χ1n) is 8.28. The lowest BCUT2D eigenvalue weighted by atomic mass is 9.93. The molecule has 2 aliphatic rings. The Morgan fingerprint density at radius 1 is 0.667 bits per heavy atom. The van der Waals surface area contributed by atoms with Crippen LogP contribution in [0.5, 0.6) is 0 Å². The molecule has 2 rings (SSSR count). The minimum absolute atomic E-state index is 0.524. The van der Waals surface area contributed by atoms with Gasteiger partial charge in [0.15, 0.2) is 0 Å². The van der Waals surface area contributed by atoms with Crippen molar-refractivity contribution in [2.45, 2.75) is 96.3 Å². The minimum Gasteiger partial charge on any atom is -0.299 e. The second-order valence-electron chi connectivity index (χ2n) is 6.72. The average molecular weight is 252 g/mol. The van der Waals surface area contributed by atoms with Crippen LogP contribution in [0.1, 0.15) is 78.1 Å². The average Bonchev–Trinajstić information content (AvgIpc) is 2.40. The molecule has 0 bridgehead atoms. The Labute approximate surface area is 113 Å². The van der Waals surface area contributed by atoms with Crippen molar-refractivity contribution in [3.63, 3.8) is 0 Å². The molecule has 0 radical (unpaired) electrons. The fourth-order valence-corrected chi connectivity index (χ4v) is 3.48. The molecule has 0 aromatic carbocycles. The molecule has 0 amide bonds. The minimum atomic E-state index is 0.524. The number of rotatable bonds is 5. The molecule has 0 heterocycles. The largest absolute Gasteiger partial charge is 0.299 e. The molecule has 0 atom stereocenters. The number of nitrogens with one attached hydrogen (secondary N) is 2. The molecular formula is C16H32N2. The molecule has 2 heteroatoms. The molecule has 2 saturated carbocycles. The molecule has 2 nitrogen and oxygen atoms in total. The maximum atomic E-state index is 3.89. The van der Waals surface area contributed by atoms with Gasteiger partial charge in [0.1, 0.15) is 0 Å². The van der Waals surface area contributed by atoms with E-state index in [-0.39, 0.29) is 0 Å². The van der Waals surface area contributed by atoms with Crippen LogP contribution in [0.2, 0.25) is 0 Å². The van der Waals surface area contributed by atoms with E-state index in [1.165, 1.54) is 64.2 Å². The van der Waals surface area contributed by atoms with E-state index >= 15 is 0 Å². The van der Waals surface area contributed by atoms with Crippen molar-refractivity contribution in [2.24, 2.45) is 5.92 Å². The topological polar surface area (TPSA) is 24.1 Å². The third kappa shape index (κ3) is 4.55. The third-order valence-corrected chi connectivity index (χ3v) is 4.71. The smallest absolute Gasteiger partial charge is 0.0599 e. The monoisotopic (exact) mass is 252 g/mol.